The number of hydrogen-bond acceptors (Lipinski definition) is 2. The van der Waals surface area contributed by atoms with E-state index in [1.54, 1.807) is 12.1 Å². The summed E-state index contributed by atoms with van der Waals surface area (Å²) in [5, 5.41) is 2.24. The van der Waals surface area contributed by atoms with Crippen molar-refractivity contribution in [2.45, 2.75) is 0 Å². The van der Waals surface area contributed by atoms with Crippen LogP contribution in [0.1, 0.15) is 0 Å². The molecule has 1 aliphatic heterocycles. The number of anilines is 2. The molecule has 0 bridgehead atoms. The van der Waals surface area contributed by atoms with Gasteiger partial charge in [0.1, 0.15) is 5.82 Å². The zero-order chi connectivity index (χ0) is 18.0. The van der Waals surface area contributed by atoms with Crippen LogP contribution in [0.25, 0.3) is 0 Å². The summed E-state index contributed by atoms with van der Waals surface area (Å²) in [6, 6.07) is 7.25. The molecule has 1 fully saturated rings. The van der Waals surface area contributed by atoms with Crippen LogP contribution in [0.3, 0.4) is 0 Å². The van der Waals surface area contributed by atoms with Crippen LogP contribution in [0.2, 0.25) is 0 Å². The SMILES string of the molecule is O=C(Nc1ccc(F)c(F)c1F)N1CCN(c2cccc(F)c2)CC1. The fraction of sp³-hybridized carbons (Fsp3) is 0.235. The lowest BCUT2D eigenvalue weighted by Crippen LogP contribution is -2.50. The summed E-state index contributed by atoms with van der Waals surface area (Å²) in [4.78, 5) is 15.5. The van der Waals surface area contributed by atoms with Crippen LogP contribution in [0.5, 0.6) is 0 Å². The van der Waals surface area contributed by atoms with E-state index in [9.17, 15) is 22.4 Å². The topological polar surface area (TPSA) is 35.6 Å². The van der Waals surface area contributed by atoms with Gasteiger partial charge in [0.05, 0.1) is 5.69 Å². The van der Waals surface area contributed by atoms with Gasteiger partial charge in [-0.3, -0.25) is 0 Å². The van der Waals surface area contributed by atoms with E-state index in [0.29, 0.717) is 31.9 Å². The standard InChI is InChI=1S/C17H15F4N3O/c18-11-2-1-3-12(10-11)23-6-8-24(9-7-23)17(25)22-14-5-4-13(19)15(20)16(14)21/h1-5,10H,6-9H2,(H,22,25). The molecule has 1 aliphatic rings. The third-order valence-corrected chi connectivity index (χ3v) is 4.02. The average molecular weight is 353 g/mol. The second kappa shape index (κ2) is 7.00. The van der Waals surface area contributed by atoms with E-state index < -0.39 is 29.2 Å². The minimum atomic E-state index is -1.63. The summed E-state index contributed by atoms with van der Waals surface area (Å²) in [5.41, 5.74) is 0.295. The monoisotopic (exact) mass is 353 g/mol. The Morgan fingerprint density at radius 2 is 1.64 bits per heavy atom. The van der Waals surface area contributed by atoms with Gasteiger partial charge in [0.25, 0.3) is 0 Å². The van der Waals surface area contributed by atoms with Crippen LogP contribution in [-0.4, -0.2) is 37.1 Å². The van der Waals surface area contributed by atoms with Crippen molar-refractivity contribution >= 4 is 17.4 Å². The molecule has 0 saturated carbocycles. The zero-order valence-electron chi connectivity index (χ0n) is 13.1. The summed E-state index contributed by atoms with van der Waals surface area (Å²) in [5.74, 6) is -4.73. The first-order valence-corrected chi connectivity index (χ1v) is 7.65. The summed E-state index contributed by atoms with van der Waals surface area (Å²) in [6.07, 6.45) is 0. The smallest absolute Gasteiger partial charge is 0.322 e. The number of piperazine rings is 1. The number of carbonyl (C=O) groups excluding carboxylic acids is 1. The van der Waals surface area contributed by atoms with Crippen LogP contribution in [0.15, 0.2) is 36.4 Å². The Bertz CT molecular complexity index is 791. The average Bonchev–Trinajstić information content (AvgIpc) is 2.62. The number of carbonyl (C=O) groups is 1. The lowest BCUT2D eigenvalue weighted by Gasteiger charge is -2.36. The third-order valence-electron chi connectivity index (χ3n) is 4.02. The molecule has 2 aromatic carbocycles. The number of rotatable bonds is 2. The van der Waals surface area contributed by atoms with Crippen molar-refractivity contribution in [2.75, 3.05) is 36.4 Å². The number of amides is 2. The van der Waals surface area contributed by atoms with E-state index in [2.05, 4.69) is 5.32 Å². The van der Waals surface area contributed by atoms with Crippen molar-refractivity contribution in [2.24, 2.45) is 0 Å². The number of benzene rings is 2. The van der Waals surface area contributed by atoms with E-state index in [1.165, 1.54) is 17.0 Å². The molecule has 1 saturated heterocycles. The van der Waals surface area contributed by atoms with E-state index in [1.807, 2.05) is 4.90 Å². The lowest BCUT2D eigenvalue weighted by atomic mass is 10.2. The minimum absolute atomic E-state index is 0.327. The first kappa shape index (κ1) is 17.1. The van der Waals surface area contributed by atoms with Crippen molar-refractivity contribution in [1.82, 2.24) is 4.90 Å². The van der Waals surface area contributed by atoms with Crippen LogP contribution in [-0.2, 0) is 0 Å². The van der Waals surface area contributed by atoms with E-state index in [-0.39, 0.29) is 5.82 Å². The maximum absolute atomic E-state index is 13.6. The number of halogens is 4. The van der Waals surface area contributed by atoms with Gasteiger partial charge in [-0.05, 0) is 30.3 Å². The quantitative estimate of drug-likeness (QED) is 0.662. The Labute approximate surface area is 141 Å². The molecule has 3 rings (SSSR count). The first-order valence-electron chi connectivity index (χ1n) is 7.65. The van der Waals surface area contributed by atoms with Crippen molar-refractivity contribution in [3.63, 3.8) is 0 Å². The number of nitrogens with zero attached hydrogens (tertiary/aromatic N) is 2. The molecule has 132 valence electrons. The second-order valence-corrected chi connectivity index (χ2v) is 5.61. The normalized spacial score (nSPS) is 14.6. The second-order valence-electron chi connectivity index (χ2n) is 5.61. The Morgan fingerprint density at radius 1 is 0.920 bits per heavy atom. The van der Waals surface area contributed by atoms with E-state index in [0.717, 1.165) is 12.1 Å². The van der Waals surface area contributed by atoms with Gasteiger partial charge in [0, 0.05) is 31.9 Å². The molecule has 25 heavy (non-hydrogen) atoms. The van der Waals surface area contributed by atoms with Crippen LogP contribution in [0, 0.1) is 23.3 Å². The fourth-order valence-electron chi connectivity index (χ4n) is 2.66. The largest absolute Gasteiger partial charge is 0.368 e. The summed E-state index contributed by atoms with van der Waals surface area (Å²) in [7, 11) is 0. The van der Waals surface area contributed by atoms with Crippen LogP contribution >= 0.6 is 0 Å². The molecule has 0 unspecified atom stereocenters. The maximum Gasteiger partial charge on any atom is 0.322 e. The highest BCUT2D eigenvalue weighted by atomic mass is 19.2. The summed E-state index contributed by atoms with van der Waals surface area (Å²) < 4.78 is 53.0. The summed E-state index contributed by atoms with van der Waals surface area (Å²) >= 11 is 0. The predicted molar refractivity (Wildman–Crippen MR) is 85.5 cm³/mol. The number of hydrogen-bond donors (Lipinski definition) is 1. The highest BCUT2D eigenvalue weighted by Crippen LogP contribution is 2.21. The van der Waals surface area contributed by atoms with Crippen molar-refractivity contribution < 1.29 is 22.4 Å². The van der Waals surface area contributed by atoms with Gasteiger partial charge in [-0.15, -0.1) is 0 Å². The molecule has 0 radical (unpaired) electrons. The first-order chi connectivity index (χ1) is 12.0. The number of urea groups is 1. The Kier molecular flexibility index (Phi) is 4.78. The maximum atomic E-state index is 13.6. The molecule has 1 heterocycles. The molecule has 2 aromatic rings. The molecule has 1 N–H and O–H groups in total. The lowest BCUT2D eigenvalue weighted by molar-refractivity contribution is 0.208. The van der Waals surface area contributed by atoms with Crippen molar-refractivity contribution in [3.8, 4) is 0 Å². The molecule has 8 heteroatoms. The molecular weight excluding hydrogens is 338 g/mol. The van der Waals surface area contributed by atoms with Crippen molar-refractivity contribution in [1.29, 1.82) is 0 Å². The molecule has 2 amide bonds. The highest BCUT2D eigenvalue weighted by Gasteiger charge is 2.23. The van der Waals surface area contributed by atoms with Gasteiger partial charge in [0.15, 0.2) is 17.5 Å². The Balaban J connectivity index is 1.61. The Hall–Kier alpha value is -2.77. The zero-order valence-corrected chi connectivity index (χ0v) is 13.1. The molecule has 0 aromatic heterocycles. The Morgan fingerprint density at radius 3 is 2.32 bits per heavy atom. The third kappa shape index (κ3) is 3.67. The summed E-state index contributed by atoms with van der Waals surface area (Å²) in [6.45, 7) is 1.59. The highest BCUT2D eigenvalue weighted by molar-refractivity contribution is 5.89. The molecule has 0 spiro atoms. The molecule has 0 atom stereocenters. The van der Waals surface area contributed by atoms with Crippen LogP contribution < -0.4 is 10.2 Å². The molecule has 4 nitrogen and oxygen atoms in total. The fourth-order valence-corrected chi connectivity index (χ4v) is 2.66. The van der Waals surface area contributed by atoms with Gasteiger partial charge < -0.3 is 15.1 Å². The molecule has 0 aliphatic carbocycles. The van der Waals surface area contributed by atoms with Gasteiger partial charge in [-0.1, -0.05) is 6.07 Å². The van der Waals surface area contributed by atoms with Gasteiger partial charge in [-0.25, -0.2) is 22.4 Å². The van der Waals surface area contributed by atoms with Gasteiger partial charge in [0.2, 0.25) is 0 Å². The van der Waals surface area contributed by atoms with Crippen LogP contribution in [0.4, 0.5) is 33.7 Å². The van der Waals surface area contributed by atoms with E-state index in [4.69, 9.17) is 0 Å². The van der Waals surface area contributed by atoms with Gasteiger partial charge in [-0.2, -0.15) is 0 Å². The molecular formula is C17H15F4N3O. The van der Waals surface area contributed by atoms with E-state index >= 15 is 0 Å². The minimum Gasteiger partial charge on any atom is -0.368 e. The predicted octanol–water partition coefficient (Wildman–Crippen LogP) is 3.60. The number of nitrogens with one attached hydrogen (secondary N) is 1. The van der Waals surface area contributed by atoms with Gasteiger partial charge >= 0.3 is 6.03 Å². The van der Waals surface area contributed by atoms with Crippen molar-refractivity contribution in [3.05, 3.63) is 59.7 Å².